The van der Waals surface area contributed by atoms with Crippen LogP contribution in [-0.4, -0.2) is 20.6 Å². The van der Waals surface area contributed by atoms with E-state index in [-0.39, 0.29) is 5.41 Å². The molecule has 0 radical (unpaired) electrons. The van der Waals surface area contributed by atoms with Crippen LogP contribution in [0, 0.1) is 5.41 Å². The van der Waals surface area contributed by atoms with E-state index in [1.54, 1.807) is 0 Å². The fraction of sp³-hybridized carbons (Fsp3) is 0.857. The molecule has 0 saturated carbocycles. The number of aromatic nitrogens is 4. The number of hydrogen-bond donors (Lipinski definition) is 1. The van der Waals surface area contributed by atoms with Gasteiger partial charge in [0.1, 0.15) is 0 Å². The molecule has 0 atom stereocenters. The van der Waals surface area contributed by atoms with Gasteiger partial charge in [-0.25, -0.2) is 0 Å². The van der Waals surface area contributed by atoms with Crippen molar-refractivity contribution < 1.29 is 0 Å². The maximum absolute atomic E-state index is 3.90. The van der Waals surface area contributed by atoms with E-state index in [9.17, 15) is 0 Å². The third-order valence-electron chi connectivity index (χ3n) is 1.98. The summed E-state index contributed by atoms with van der Waals surface area (Å²) in [5.41, 5.74) is 0.282. The normalized spacial score (nSPS) is 11.9. The van der Waals surface area contributed by atoms with Gasteiger partial charge in [0.15, 0.2) is 5.82 Å². The first-order valence-electron chi connectivity index (χ1n) is 3.86. The second-order valence-corrected chi connectivity index (χ2v) is 3.52. The summed E-state index contributed by atoms with van der Waals surface area (Å²) in [5, 5.41) is 13.8. The van der Waals surface area contributed by atoms with Crippen LogP contribution in [-0.2, 0) is 6.42 Å². The predicted octanol–water partition coefficient (Wildman–Crippen LogP) is 1.18. The fourth-order valence-electron chi connectivity index (χ4n) is 0.810. The number of H-pyrrole nitrogens is 1. The van der Waals surface area contributed by atoms with Crippen molar-refractivity contribution in [3.05, 3.63) is 5.82 Å². The molecule has 0 saturated heterocycles. The van der Waals surface area contributed by atoms with Crippen molar-refractivity contribution in [3.8, 4) is 0 Å². The zero-order chi connectivity index (χ0) is 8.32. The van der Waals surface area contributed by atoms with Crippen molar-refractivity contribution >= 4 is 0 Å². The molecule has 0 bridgehead atoms. The van der Waals surface area contributed by atoms with Crippen molar-refractivity contribution in [1.82, 2.24) is 20.6 Å². The lowest BCUT2D eigenvalue weighted by Crippen LogP contribution is -2.14. The molecule has 0 aliphatic heterocycles. The zero-order valence-corrected chi connectivity index (χ0v) is 7.26. The Morgan fingerprint density at radius 1 is 1.45 bits per heavy atom. The molecule has 1 aromatic heterocycles. The molecule has 62 valence electrons. The third-order valence-corrected chi connectivity index (χ3v) is 1.98. The molecule has 0 amide bonds. The average Bonchev–Trinajstić information content (AvgIpc) is 2.39. The van der Waals surface area contributed by atoms with Crippen LogP contribution in [0.25, 0.3) is 0 Å². The van der Waals surface area contributed by atoms with E-state index in [4.69, 9.17) is 0 Å². The van der Waals surface area contributed by atoms with Crippen molar-refractivity contribution in [2.45, 2.75) is 33.6 Å². The molecular formula is C7H14N4. The molecule has 11 heavy (non-hydrogen) atoms. The Morgan fingerprint density at radius 2 is 2.18 bits per heavy atom. The minimum absolute atomic E-state index is 0.282. The van der Waals surface area contributed by atoms with Crippen LogP contribution in [0.1, 0.15) is 33.0 Å². The molecule has 0 spiro atoms. The fourth-order valence-corrected chi connectivity index (χ4v) is 0.810. The molecule has 4 nitrogen and oxygen atoms in total. The van der Waals surface area contributed by atoms with Crippen LogP contribution >= 0.6 is 0 Å². The number of rotatable bonds is 3. The minimum Gasteiger partial charge on any atom is -0.177 e. The van der Waals surface area contributed by atoms with Gasteiger partial charge in [-0.2, -0.15) is 5.21 Å². The largest absolute Gasteiger partial charge is 0.177 e. The van der Waals surface area contributed by atoms with Crippen LogP contribution in [0.5, 0.6) is 0 Å². The summed E-state index contributed by atoms with van der Waals surface area (Å²) < 4.78 is 0. The Kier molecular flexibility index (Phi) is 2.22. The number of aromatic amines is 1. The van der Waals surface area contributed by atoms with Crippen LogP contribution in [0.3, 0.4) is 0 Å². The SMILES string of the molecule is CCC(C)(C)Cc1nn[nH]n1. The van der Waals surface area contributed by atoms with E-state index in [1.807, 2.05) is 0 Å². The summed E-state index contributed by atoms with van der Waals surface area (Å²) in [7, 11) is 0. The van der Waals surface area contributed by atoms with Crippen molar-refractivity contribution in [1.29, 1.82) is 0 Å². The number of nitrogens with zero attached hydrogens (tertiary/aromatic N) is 3. The van der Waals surface area contributed by atoms with Gasteiger partial charge in [0.2, 0.25) is 0 Å². The molecule has 0 unspecified atom stereocenters. The standard InChI is InChI=1S/C7H14N4/c1-4-7(2,3)5-6-8-10-11-9-6/h4-5H2,1-3H3,(H,8,9,10,11). The van der Waals surface area contributed by atoms with E-state index in [0.29, 0.717) is 0 Å². The van der Waals surface area contributed by atoms with Gasteiger partial charge < -0.3 is 0 Å². The topological polar surface area (TPSA) is 54.5 Å². The lowest BCUT2D eigenvalue weighted by atomic mass is 9.86. The van der Waals surface area contributed by atoms with Crippen LogP contribution in [0.2, 0.25) is 0 Å². The van der Waals surface area contributed by atoms with Gasteiger partial charge in [0.25, 0.3) is 0 Å². The Balaban J connectivity index is 2.56. The number of hydrogen-bond acceptors (Lipinski definition) is 3. The van der Waals surface area contributed by atoms with E-state index in [2.05, 4.69) is 41.4 Å². The molecule has 1 aromatic rings. The lowest BCUT2D eigenvalue weighted by Gasteiger charge is -2.19. The van der Waals surface area contributed by atoms with Crippen molar-refractivity contribution in [3.63, 3.8) is 0 Å². The van der Waals surface area contributed by atoms with Crippen LogP contribution in [0.15, 0.2) is 0 Å². The van der Waals surface area contributed by atoms with Gasteiger partial charge in [-0.05, 0) is 5.41 Å². The van der Waals surface area contributed by atoms with E-state index in [0.717, 1.165) is 18.7 Å². The Labute approximate surface area is 66.4 Å². The first-order valence-corrected chi connectivity index (χ1v) is 3.86. The Bertz CT molecular complexity index is 202. The van der Waals surface area contributed by atoms with Crippen molar-refractivity contribution in [2.24, 2.45) is 5.41 Å². The number of tetrazole rings is 1. The third kappa shape index (κ3) is 2.29. The van der Waals surface area contributed by atoms with Crippen LogP contribution < -0.4 is 0 Å². The minimum atomic E-state index is 0.282. The molecule has 1 N–H and O–H groups in total. The van der Waals surface area contributed by atoms with Gasteiger partial charge in [-0.3, -0.25) is 0 Å². The molecule has 4 heteroatoms. The van der Waals surface area contributed by atoms with Crippen molar-refractivity contribution in [2.75, 3.05) is 0 Å². The average molecular weight is 154 g/mol. The van der Waals surface area contributed by atoms with Gasteiger partial charge in [-0.1, -0.05) is 32.4 Å². The monoisotopic (exact) mass is 154 g/mol. The summed E-state index contributed by atoms with van der Waals surface area (Å²) in [6.07, 6.45) is 2.02. The van der Waals surface area contributed by atoms with Gasteiger partial charge >= 0.3 is 0 Å². The van der Waals surface area contributed by atoms with Gasteiger partial charge in [-0.15, -0.1) is 10.2 Å². The second kappa shape index (κ2) is 2.98. The highest BCUT2D eigenvalue weighted by molar-refractivity contribution is 4.84. The lowest BCUT2D eigenvalue weighted by molar-refractivity contribution is 0.341. The van der Waals surface area contributed by atoms with Crippen LogP contribution in [0.4, 0.5) is 0 Å². The smallest absolute Gasteiger partial charge is 0.175 e. The zero-order valence-electron chi connectivity index (χ0n) is 7.26. The van der Waals surface area contributed by atoms with E-state index >= 15 is 0 Å². The first-order chi connectivity index (χ1) is 5.14. The highest BCUT2D eigenvalue weighted by atomic mass is 15.5. The molecule has 1 rings (SSSR count). The Morgan fingerprint density at radius 3 is 2.64 bits per heavy atom. The molecule has 0 aliphatic carbocycles. The Hall–Kier alpha value is -0.930. The maximum atomic E-state index is 3.90. The maximum Gasteiger partial charge on any atom is 0.175 e. The second-order valence-electron chi connectivity index (χ2n) is 3.52. The van der Waals surface area contributed by atoms with Gasteiger partial charge in [0.05, 0.1) is 0 Å². The van der Waals surface area contributed by atoms with Gasteiger partial charge in [0, 0.05) is 6.42 Å². The molecule has 1 heterocycles. The highest BCUT2D eigenvalue weighted by Crippen LogP contribution is 2.22. The highest BCUT2D eigenvalue weighted by Gasteiger charge is 2.17. The molecule has 0 aliphatic rings. The summed E-state index contributed by atoms with van der Waals surface area (Å²) >= 11 is 0. The summed E-state index contributed by atoms with van der Waals surface area (Å²) in [6, 6.07) is 0. The first kappa shape index (κ1) is 8.17. The summed E-state index contributed by atoms with van der Waals surface area (Å²) in [5.74, 6) is 0.803. The number of nitrogens with one attached hydrogen (secondary N) is 1. The predicted molar refractivity (Wildman–Crippen MR) is 42.0 cm³/mol. The quantitative estimate of drug-likeness (QED) is 0.711. The molecule has 0 aromatic carbocycles. The molecular weight excluding hydrogens is 140 g/mol. The van der Waals surface area contributed by atoms with E-state index < -0.39 is 0 Å². The van der Waals surface area contributed by atoms with E-state index in [1.165, 1.54) is 0 Å². The summed E-state index contributed by atoms with van der Waals surface area (Å²) in [4.78, 5) is 0. The summed E-state index contributed by atoms with van der Waals surface area (Å²) in [6.45, 7) is 6.56. The molecule has 0 fully saturated rings.